The zero-order valence-corrected chi connectivity index (χ0v) is 16.6. The second kappa shape index (κ2) is 8.83. The zero-order valence-electron chi connectivity index (χ0n) is 15.8. The molecule has 0 saturated heterocycles. The third-order valence-electron chi connectivity index (χ3n) is 4.38. The van der Waals surface area contributed by atoms with Gasteiger partial charge in [-0.15, -0.1) is 0 Å². The summed E-state index contributed by atoms with van der Waals surface area (Å²) < 4.78 is 0. The van der Waals surface area contributed by atoms with E-state index in [1.54, 1.807) is 0 Å². The third kappa shape index (κ3) is 5.18. The lowest BCUT2D eigenvalue weighted by Gasteiger charge is -2.23. The highest BCUT2D eigenvalue weighted by Gasteiger charge is 2.21. The van der Waals surface area contributed by atoms with Gasteiger partial charge < -0.3 is 15.1 Å². The van der Waals surface area contributed by atoms with Crippen LogP contribution < -0.4 is 15.1 Å². The van der Waals surface area contributed by atoms with Gasteiger partial charge in [0.1, 0.15) is 6.04 Å². The van der Waals surface area contributed by atoms with Crippen LogP contribution in [0, 0.1) is 10.1 Å². The molecular weight excluding hydrogens is 368 g/mol. The first-order valence-corrected chi connectivity index (χ1v) is 8.88. The van der Waals surface area contributed by atoms with E-state index in [0.29, 0.717) is 6.54 Å². The summed E-state index contributed by atoms with van der Waals surface area (Å²) in [5, 5.41) is 13.7. The van der Waals surface area contributed by atoms with Gasteiger partial charge in [0.15, 0.2) is 0 Å². The van der Waals surface area contributed by atoms with Crippen molar-refractivity contribution >= 4 is 28.9 Å². The summed E-state index contributed by atoms with van der Waals surface area (Å²) in [4.78, 5) is 25.9. The molecule has 0 fully saturated rings. The number of rotatable bonds is 7. The predicted octanol–water partition coefficient (Wildman–Crippen LogP) is 1.93. The number of anilines is 1. The van der Waals surface area contributed by atoms with Crippen molar-refractivity contribution in [3.63, 3.8) is 0 Å². The van der Waals surface area contributed by atoms with Gasteiger partial charge in [-0.3, -0.25) is 14.9 Å². The van der Waals surface area contributed by atoms with E-state index in [0.717, 1.165) is 11.3 Å². The topological polar surface area (TPSA) is 79.9 Å². The molecule has 27 heavy (non-hydrogen) atoms. The molecule has 1 atom stereocenters. The van der Waals surface area contributed by atoms with Crippen LogP contribution in [0.2, 0.25) is 5.02 Å². The number of non-ortho nitro benzene ring substituents is 1. The molecule has 0 saturated carbocycles. The van der Waals surface area contributed by atoms with Crippen molar-refractivity contribution < 1.29 is 14.6 Å². The van der Waals surface area contributed by atoms with Crippen LogP contribution in [0.25, 0.3) is 0 Å². The molecule has 2 aromatic carbocycles. The van der Waals surface area contributed by atoms with Crippen LogP contribution >= 0.6 is 11.6 Å². The van der Waals surface area contributed by atoms with E-state index < -0.39 is 4.92 Å². The van der Waals surface area contributed by atoms with Crippen LogP contribution in [0.1, 0.15) is 22.0 Å². The first-order valence-electron chi connectivity index (χ1n) is 8.50. The van der Waals surface area contributed by atoms with Gasteiger partial charge in [0.2, 0.25) is 0 Å². The highest BCUT2D eigenvalue weighted by molar-refractivity contribution is 6.34. The molecule has 0 aliphatic carbocycles. The van der Waals surface area contributed by atoms with Gasteiger partial charge >= 0.3 is 0 Å². The Morgan fingerprint density at radius 2 is 1.85 bits per heavy atom. The lowest BCUT2D eigenvalue weighted by atomic mass is 10.0. The summed E-state index contributed by atoms with van der Waals surface area (Å²) in [5.41, 5.74) is 2.29. The Kier molecular flexibility index (Phi) is 6.76. The third-order valence-corrected chi connectivity index (χ3v) is 4.70. The number of carbonyl (C=O) groups is 1. The SMILES string of the molecule is CN(C)c1ccc([C@@H](CNC(=O)c2ccc([N+](=O)[O-])cc2Cl)[NH+](C)C)cc1. The summed E-state index contributed by atoms with van der Waals surface area (Å²) in [6, 6.07) is 12.1. The summed E-state index contributed by atoms with van der Waals surface area (Å²) in [7, 11) is 8.01. The van der Waals surface area contributed by atoms with E-state index in [-0.39, 0.29) is 28.2 Å². The van der Waals surface area contributed by atoms with E-state index in [9.17, 15) is 14.9 Å². The van der Waals surface area contributed by atoms with Crippen molar-refractivity contribution in [2.75, 3.05) is 39.6 Å². The minimum absolute atomic E-state index is 0.0574. The van der Waals surface area contributed by atoms with Crippen LogP contribution in [0.15, 0.2) is 42.5 Å². The molecule has 0 radical (unpaired) electrons. The molecule has 7 nitrogen and oxygen atoms in total. The van der Waals surface area contributed by atoms with Gasteiger partial charge in [-0.2, -0.15) is 0 Å². The van der Waals surface area contributed by atoms with Gasteiger partial charge in [-0.1, -0.05) is 23.7 Å². The van der Waals surface area contributed by atoms with E-state index in [1.165, 1.54) is 23.1 Å². The molecule has 0 heterocycles. The number of nitrogens with zero attached hydrogens (tertiary/aromatic N) is 2. The number of benzene rings is 2. The molecule has 0 aromatic heterocycles. The molecule has 0 aliphatic rings. The molecule has 0 unspecified atom stereocenters. The molecule has 0 aliphatic heterocycles. The van der Waals surface area contributed by atoms with Crippen LogP contribution in [0.5, 0.6) is 0 Å². The Balaban J connectivity index is 2.11. The van der Waals surface area contributed by atoms with Crippen LogP contribution in [-0.4, -0.2) is 45.6 Å². The van der Waals surface area contributed by atoms with E-state index in [1.807, 2.05) is 45.2 Å². The maximum absolute atomic E-state index is 12.5. The number of carbonyl (C=O) groups excluding carboxylic acids is 1. The molecular formula is C19H24ClN4O3+. The summed E-state index contributed by atoms with van der Waals surface area (Å²) in [5.74, 6) is -0.356. The number of amides is 1. The number of nitro benzene ring substituents is 1. The van der Waals surface area contributed by atoms with Crippen molar-refractivity contribution in [2.24, 2.45) is 0 Å². The summed E-state index contributed by atoms with van der Waals surface area (Å²) >= 11 is 6.04. The number of likely N-dealkylation sites (N-methyl/N-ethyl adjacent to an activating group) is 1. The Hall–Kier alpha value is -2.64. The minimum atomic E-state index is -0.545. The van der Waals surface area contributed by atoms with Gasteiger partial charge in [-0.25, -0.2) is 0 Å². The second-order valence-corrected chi connectivity index (χ2v) is 7.15. The van der Waals surface area contributed by atoms with E-state index in [4.69, 9.17) is 11.6 Å². The van der Waals surface area contributed by atoms with Crippen molar-refractivity contribution in [1.29, 1.82) is 0 Å². The predicted molar refractivity (Wildman–Crippen MR) is 107 cm³/mol. The first kappa shape index (κ1) is 20.7. The number of nitrogens with one attached hydrogen (secondary N) is 2. The number of halogens is 1. The fourth-order valence-corrected chi connectivity index (χ4v) is 3.01. The summed E-state index contributed by atoms with van der Waals surface area (Å²) in [6.45, 7) is 0.412. The van der Waals surface area contributed by atoms with E-state index >= 15 is 0 Å². The number of hydrogen-bond acceptors (Lipinski definition) is 4. The second-order valence-electron chi connectivity index (χ2n) is 6.75. The largest absolute Gasteiger partial charge is 0.378 e. The van der Waals surface area contributed by atoms with E-state index in [2.05, 4.69) is 17.4 Å². The van der Waals surface area contributed by atoms with Gasteiger partial charge in [0.25, 0.3) is 11.6 Å². The minimum Gasteiger partial charge on any atom is -0.378 e. The number of nitro groups is 1. The molecule has 1 amide bonds. The van der Waals surface area contributed by atoms with Crippen LogP contribution in [0.3, 0.4) is 0 Å². The molecule has 0 bridgehead atoms. The van der Waals surface area contributed by atoms with Crippen LogP contribution in [-0.2, 0) is 0 Å². The lowest BCUT2D eigenvalue weighted by Crippen LogP contribution is -3.07. The first-order chi connectivity index (χ1) is 12.7. The number of quaternary nitrogens is 1. The zero-order chi connectivity index (χ0) is 20.1. The smallest absolute Gasteiger partial charge is 0.270 e. The molecule has 2 N–H and O–H groups in total. The Labute approximate surface area is 163 Å². The average molecular weight is 392 g/mol. The summed E-state index contributed by atoms with van der Waals surface area (Å²) in [6.07, 6.45) is 0. The Morgan fingerprint density at radius 3 is 2.33 bits per heavy atom. The van der Waals surface area contributed by atoms with Gasteiger partial charge in [0, 0.05) is 37.5 Å². The molecule has 8 heteroatoms. The normalized spacial score (nSPS) is 11.9. The number of hydrogen-bond donors (Lipinski definition) is 2. The fourth-order valence-electron chi connectivity index (χ4n) is 2.75. The maximum Gasteiger partial charge on any atom is 0.270 e. The van der Waals surface area contributed by atoms with Crippen molar-refractivity contribution in [2.45, 2.75) is 6.04 Å². The Morgan fingerprint density at radius 1 is 1.22 bits per heavy atom. The van der Waals surface area contributed by atoms with Crippen LogP contribution in [0.4, 0.5) is 11.4 Å². The highest BCUT2D eigenvalue weighted by Crippen LogP contribution is 2.22. The van der Waals surface area contributed by atoms with Gasteiger partial charge in [0.05, 0.1) is 36.1 Å². The fraction of sp³-hybridized carbons (Fsp3) is 0.316. The standard InChI is InChI=1S/C19H23ClN4O3/c1-22(2)14-7-5-13(6-8-14)18(23(3)4)12-21-19(25)16-10-9-15(24(26)27)11-17(16)20/h5-11,18H,12H2,1-4H3,(H,21,25)/p+1/t18-/m1/s1. The quantitative estimate of drug-likeness (QED) is 0.558. The maximum atomic E-state index is 12.5. The monoisotopic (exact) mass is 391 g/mol. The lowest BCUT2D eigenvalue weighted by molar-refractivity contribution is -0.890. The van der Waals surface area contributed by atoms with Crippen molar-refractivity contribution in [3.8, 4) is 0 Å². The highest BCUT2D eigenvalue weighted by atomic mass is 35.5. The van der Waals surface area contributed by atoms with Crippen molar-refractivity contribution in [1.82, 2.24) is 5.32 Å². The average Bonchev–Trinajstić information content (AvgIpc) is 2.61. The van der Waals surface area contributed by atoms with Crippen molar-refractivity contribution in [3.05, 3.63) is 68.7 Å². The Bertz CT molecular complexity index is 822. The van der Waals surface area contributed by atoms with Gasteiger partial charge in [-0.05, 0) is 18.2 Å². The molecule has 144 valence electrons. The molecule has 0 spiro atoms. The molecule has 2 aromatic rings. The molecule has 2 rings (SSSR count).